The molecule has 0 atom stereocenters. The highest BCUT2D eigenvalue weighted by Crippen LogP contribution is 2.29. The summed E-state index contributed by atoms with van der Waals surface area (Å²) in [7, 11) is 3.65. The Hall–Kier alpha value is -3.92. The van der Waals surface area contributed by atoms with Crippen molar-refractivity contribution in [3.63, 3.8) is 0 Å². The number of nitriles is 1. The van der Waals surface area contributed by atoms with E-state index in [2.05, 4.69) is 15.5 Å². The number of hydrogen-bond donors (Lipinski definition) is 1. The van der Waals surface area contributed by atoms with Crippen molar-refractivity contribution in [2.75, 3.05) is 12.4 Å². The Bertz CT molecular complexity index is 1200. The van der Waals surface area contributed by atoms with Crippen LogP contribution in [0.15, 0.2) is 60.9 Å². The Morgan fingerprint density at radius 3 is 2.61 bits per heavy atom. The summed E-state index contributed by atoms with van der Waals surface area (Å²) >= 11 is 0. The number of halogens is 1. The van der Waals surface area contributed by atoms with Crippen LogP contribution >= 0.6 is 0 Å². The molecule has 0 unspecified atom stereocenters. The van der Waals surface area contributed by atoms with Crippen molar-refractivity contribution in [2.45, 2.75) is 0 Å². The lowest BCUT2D eigenvalue weighted by Crippen LogP contribution is -2.00. The third kappa shape index (κ3) is 3.12. The SMILES string of the molecule is CNc1cc(-c2ccc(C#N)c(F)c2)n(-c2cccc(-c3cnn(C)c3)c2)n1. The number of nitrogens with one attached hydrogen (secondary N) is 1. The van der Waals surface area contributed by atoms with Gasteiger partial charge >= 0.3 is 0 Å². The van der Waals surface area contributed by atoms with Gasteiger partial charge in [-0.1, -0.05) is 18.2 Å². The van der Waals surface area contributed by atoms with Gasteiger partial charge in [-0.05, 0) is 29.8 Å². The zero-order valence-electron chi connectivity index (χ0n) is 15.4. The smallest absolute Gasteiger partial charge is 0.148 e. The van der Waals surface area contributed by atoms with Crippen LogP contribution in [0.5, 0.6) is 0 Å². The van der Waals surface area contributed by atoms with Crippen LogP contribution in [-0.2, 0) is 7.05 Å². The second kappa shape index (κ2) is 7.00. The van der Waals surface area contributed by atoms with Gasteiger partial charge in [-0.15, -0.1) is 5.10 Å². The predicted molar refractivity (Wildman–Crippen MR) is 105 cm³/mol. The predicted octanol–water partition coefficient (Wildman–Crippen LogP) is 3.99. The molecule has 0 aliphatic rings. The standard InChI is InChI=1S/C21H17FN6/c1-24-21-10-20(15-6-7-16(11-23)19(22)9-15)28(26-21)18-5-3-4-14(8-18)17-12-25-27(2)13-17/h3-10,12-13H,1-2H3,(H,24,26). The van der Waals surface area contributed by atoms with Gasteiger partial charge in [0, 0.05) is 37.5 Å². The van der Waals surface area contributed by atoms with Crippen LogP contribution in [-0.4, -0.2) is 26.6 Å². The molecule has 0 amide bonds. The highest BCUT2D eigenvalue weighted by molar-refractivity contribution is 5.69. The van der Waals surface area contributed by atoms with Crippen LogP contribution < -0.4 is 5.32 Å². The van der Waals surface area contributed by atoms with Gasteiger partial charge in [-0.25, -0.2) is 9.07 Å². The second-order valence-electron chi connectivity index (χ2n) is 6.34. The Morgan fingerprint density at radius 1 is 1.07 bits per heavy atom. The molecule has 28 heavy (non-hydrogen) atoms. The lowest BCUT2D eigenvalue weighted by atomic mass is 10.1. The minimum atomic E-state index is -0.553. The number of nitrogens with zero attached hydrogens (tertiary/aromatic N) is 5. The highest BCUT2D eigenvalue weighted by Gasteiger charge is 2.14. The average molecular weight is 372 g/mol. The van der Waals surface area contributed by atoms with E-state index in [1.54, 1.807) is 28.7 Å². The molecule has 2 aromatic heterocycles. The van der Waals surface area contributed by atoms with Crippen LogP contribution in [0.2, 0.25) is 0 Å². The number of benzene rings is 2. The quantitative estimate of drug-likeness (QED) is 0.588. The zero-order chi connectivity index (χ0) is 19.7. The van der Waals surface area contributed by atoms with E-state index in [1.165, 1.54) is 12.1 Å². The topological polar surface area (TPSA) is 71.5 Å². The fraction of sp³-hybridized carbons (Fsp3) is 0.0952. The van der Waals surface area contributed by atoms with Gasteiger partial charge in [0.2, 0.25) is 0 Å². The van der Waals surface area contributed by atoms with E-state index in [1.807, 2.05) is 49.6 Å². The van der Waals surface area contributed by atoms with Crippen LogP contribution in [0.25, 0.3) is 28.1 Å². The van der Waals surface area contributed by atoms with Crippen molar-refractivity contribution in [2.24, 2.45) is 7.05 Å². The van der Waals surface area contributed by atoms with E-state index in [0.29, 0.717) is 11.4 Å². The normalized spacial score (nSPS) is 10.6. The Labute approximate surface area is 161 Å². The van der Waals surface area contributed by atoms with Gasteiger partial charge in [0.05, 0.1) is 23.1 Å². The molecule has 4 rings (SSSR count). The lowest BCUT2D eigenvalue weighted by molar-refractivity contribution is 0.624. The van der Waals surface area contributed by atoms with Gasteiger partial charge in [0.1, 0.15) is 17.7 Å². The Morgan fingerprint density at radius 2 is 1.93 bits per heavy atom. The van der Waals surface area contributed by atoms with Crippen LogP contribution in [0.1, 0.15) is 5.56 Å². The lowest BCUT2D eigenvalue weighted by Gasteiger charge is -2.09. The third-order valence-corrected chi connectivity index (χ3v) is 4.48. The molecule has 0 bridgehead atoms. The van der Waals surface area contributed by atoms with E-state index in [4.69, 9.17) is 5.26 Å². The summed E-state index contributed by atoms with van der Waals surface area (Å²) in [6.45, 7) is 0. The molecule has 0 radical (unpaired) electrons. The van der Waals surface area contributed by atoms with Crippen molar-refractivity contribution in [1.29, 1.82) is 5.26 Å². The largest absolute Gasteiger partial charge is 0.372 e. The van der Waals surface area contributed by atoms with Crippen LogP contribution in [0.3, 0.4) is 0 Å². The number of rotatable bonds is 4. The number of anilines is 1. The molecule has 0 saturated heterocycles. The molecule has 2 aromatic carbocycles. The van der Waals surface area contributed by atoms with E-state index < -0.39 is 5.82 Å². The van der Waals surface area contributed by atoms with E-state index in [9.17, 15) is 4.39 Å². The minimum absolute atomic E-state index is 0.0160. The summed E-state index contributed by atoms with van der Waals surface area (Å²) in [6.07, 6.45) is 3.75. The summed E-state index contributed by atoms with van der Waals surface area (Å²) in [5.74, 6) is 0.106. The first-order valence-electron chi connectivity index (χ1n) is 8.66. The first-order chi connectivity index (χ1) is 13.6. The van der Waals surface area contributed by atoms with Crippen LogP contribution in [0, 0.1) is 17.1 Å². The number of hydrogen-bond acceptors (Lipinski definition) is 4. The van der Waals surface area contributed by atoms with Gasteiger partial charge in [-0.2, -0.15) is 10.4 Å². The monoisotopic (exact) mass is 372 g/mol. The highest BCUT2D eigenvalue weighted by atomic mass is 19.1. The maximum absolute atomic E-state index is 14.2. The molecule has 0 aliphatic heterocycles. The summed E-state index contributed by atoms with van der Waals surface area (Å²) < 4.78 is 17.7. The molecule has 2 heterocycles. The third-order valence-electron chi connectivity index (χ3n) is 4.48. The van der Waals surface area contributed by atoms with Crippen molar-refractivity contribution in [1.82, 2.24) is 19.6 Å². The Kier molecular flexibility index (Phi) is 4.38. The average Bonchev–Trinajstić information content (AvgIpc) is 3.34. The van der Waals surface area contributed by atoms with E-state index in [-0.39, 0.29) is 5.56 Å². The molecule has 0 spiro atoms. The zero-order valence-corrected chi connectivity index (χ0v) is 15.4. The first-order valence-corrected chi connectivity index (χ1v) is 8.66. The van der Waals surface area contributed by atoms with Gasteiger partial charge in [-0.3, -0.25) is 4.68 Å². The summed E-state index contributed by atoms with van der Waals surface area (Å²) in [5.41, 5.74) is 4.21. The summed E-state index contributed by atoms with van der Waals surface area (Å²) in [4.78, 5) is 0. The second-order valence-corrected chi connectivity index (χ2v) is 6.34. The molecule has 7 heteroatoms. The molecule has 6 nitrogen and oxygen atoms in total. The first kappa shape index (κ1) is 17.5. The fourth-order valence-corrected chi connectivity index (χ4v) is 3.06. The maximum atomic E-state index is 14.2. The molecule has 1 N–H and O–H groups in total. The van der Waals surface area contributed by atoms with E-state index in [0.717, 1.165) is 22.5 Å². The number of aryl methyl sites for hydroxylation is 1. The fourth-order valence-electron chi connectivity index (χ4n) is 3.06. The molecule has 138 valence electrons. The van der Waals surface area contributed by atoms with Gasteiger partial charge in [0.25, 0.3) is 0 Å². The van der Waals surface area contributed by atoms with Crippen LogP contribution in [0.4, 0.5) is 10.2 Å². The van der Waals surface area contributed by atoms with Crippen molar-refractivity contribution in [3.8, 4) is 34.1 Å². The summed E-state index contributed by atoms with van der Waals surface area (Å²) in [6, 6.07) is 16.1. The Balaban J connectivity index is 1.84. The molecular formula is C21H17FN6. The van der Waals surface area contributed by atoms with Crippen molar-refractivity contribution in [3.05, 3.63) is 72.3 Å². The van der Waals surface area contributed by atoms with E-state index >= 15 is 0 Å². The molecule has 0 aliphatic carbocycles. The molecule has 4 aromatic rings. The maximum Gasteiger partial charge on any atom is 0.148 e. The minimum Gasteiger partial charge on any atom is -0.372 e. The molecular weight excluding hydrogens is 355 g/mol. The van der Waals surface area contributed by atoms with Crippen molar-refractivity contribution < 1.29 is 4.39 Å². The van der Waals surface area contributed by atoms with Crippen molar-refractivity contribution >= 4 is 5.82 Å². The number of aromatic nitrogens is 4. The molecule has 0 fully saturated rings. The van der Waals surface area contributed by atoms with Gasteiger partial charge in [0.15, 0.2) is 0 Å². The summed E-state index contributed by atoms with van der Waals surface area (Å²) in [5, 5.41) is 20.8. The molecule has 0 saturated carbocycles. The van der Waals surface area contributed by atoms with Gasteiger partial charge < -0.3 is 5.32 Å².